The summed E-state index contributed by atoms with van der Waals surface area (Å²) in [7, 11) is 2.00. The molecular formula is C29H29NO8. The number of likely N-dealkylation sites (N-methyl/N-ethyl adjacent to an activating group) is 1. The van der Waals surface area contributed by atoms with E-state index in [0.717, 1.165) is 11.1 Å². The zero-order valence-electron chi connectivity index (χ0n) is 21.0. The van der Waals surface area contributed by atoms with Crippen molar-refractivity contribution in [1.82, 2.24) is 4.90 Å². The number of hydrogen-bond donors (Lipinski definition) is 2. The molecule has 1 spiro atoms. The fraction of sp³-hybridized carbons (Fsp3) is 0.414. The Kier molecular flexibility index (Phi) is 5.81. The predicted octanol–water partition coefficient (Wildman–Crippen LogP) is 2.48. The van der Waals surface area contributed by atoms with Crippen molar-refractivity contribution in [2.24, 2.45) is 0 Å². The largest absolute Gasteiger partial charge is 0.504 e. The highest BCUT2D eigenvalue weighted by molar-refractivity contribution is 5.82. The van der Waals surface area contributed by atoms with Gasteiger partial charge in [-0.3, -0.25) is 4.79 Å². The van der Waals surface area contributed by atoms with Crippen molar-refractivity contribution >= 4 is 18.2 Å². The average molecular weight is 520 g/mol. The van der Waals surface area contributed by atoms with Crippen LogP contribution in [0.1, 0.15) is 48.5 Å². The van der Waals surface area contributed by atoms with Gasteiger partial charge in [0.05, 0.1) is 17.4 Å². The SMILES string of the molecule is CN1CCC23c4c5ccc(O)c4OC2C(OC(=O)[C@@H](OC(=O)CCC=O)c2ccccc2)=CC[C@@]3(O)[C@H]1C5. The number of likely N-dealkylation sites (tertiary alicyclic amines) is 1. The lowest BCUT2D eigenvalue weighted by atomic mass is 9.50. The van der Waals surface area contributed by atoms with Crippen LogP contribution in [0.5, 0.6) is 11.5 Å². The quantitative estimate of drug-likeness (QED) is 0.420. The van der Waals surface area contributed by atoms with Crippen molar-refractivity contribution in [2.75, 3.05) is 13.6 Å². The van der Waals surface area contributed by atoms with Crippen molar-refractivity contribution in [3.05, 3.63) is 71.0 Å². The number of carbonyl (C=O) groups excluding carboxylic acids is 3. The summed E-state index contributed by atoms with van der Waals surface area (Å²) in [5.41, 5.74) is 0.123. The molecule has 2 aromatic rings. The second kappa shape index (κ2) is 8.96. The third-order valence-corrected chi connectivity index (χ3v) is 8.60. The number of aldehydes is 1. The first kappa shape index (κ1) is 24.6. The highest BCUT2D eigenvalue weighted by atomic mass is 16.6. The second-order valence-electron chi connectivity index (χ2n) is 10.5. The Morgan fingerprint density at radius 3 is 2.79 bits per heavy atom. The first-order valence-corrected chi connectivity index (χ1v) is 12.8. The molecule has 38 heavy (non-hydrogen) atoms. The number of ether oxygens (including phenoxy) is 3. The number of phenols is 1. The summed E-state index contributed by atoms with van der Waals surface area (Å²) in [6, 6.07) is 11.8. The van der Waals surface area contributed by atoms with Crippen LogP contribution in [0.3, 0.4) is 0 Å². The van der Waals surface area contributed by atoms with E-state index < -0.39 is 35.2 Å². The second-order valence-corrected chi connectivity index (χ2v) is 10.5. The normalized spacial score (nSPS) is 29.4. The molecule has 0 amide bonds. The maximum atomic E-state index is 13.5. The van der Waals surface area contributed by atoms with Crippen LogP contribution in [0.2, 0.25) is 0 Å². The fourth-order valence-electron chi connectivity index (χ4n) is 6.85. The van der Waals surface area contributed by atoms with Crippen molar-refractivity contribution < 1.29 is 38.8 Å². The highest BCUT2D eigenvalue weighted by Gasteiger charge is 2.72. The van der Waals surface area contributed by atoms with Crippen LogP contribution >= 0.6 is 0 Å². The van der Waals surface area contributed by atoms with Gasteiger partial charge in [0.1, 0.15) is 12.0 Å². The van der Waals surface area contributed by atoms with Crippen molar-refractivity contribution in [3.63, 3.8) is 0 Å². The molecular weight excluding hydrogens is 490 g/mol. The topological polar surface area (TPSA) is 123 Å². The predicted molar refractivity (Wildman–Crippen MR) is 133 cm³/mol. The molecule has 2 aliphatic carbocycles. The monoisotopic (exact) mass is 519 g/mol. The number of piperidine rings is 1. The molecule has 4 aliphatic rings. The van der Waals surface area contributed by atoms with E-state index in [1.165, 1.54) is 0 Å². The van der Waals surface area contributed by atoms with Crippen LogP contribution < -0.4 is 4.74 Å². The Hall–Kier alpha value is -3.69. The summed E-state index contributed by atoms with van der Waals surface area (Å²) in [5.74, 6) is -0.996. The minimum atomic E-state index is -1.35. The van der Waals surface area contributed by atoms with Crippen LogP contribution in [0.4, 0.5) is 0 Å². The van der Waals surface area contributed by atoms with Crippen molar-refractivity contribution in [3.8, 4) is 11.5 Å². The van der Waals surface area contributed by atoms with Gasteiger partial charge < -0.3 is 34.1 Å². The number of aromatic hydroxyl groups is 1. The van der Waals surface area contributed by atoms with E-state index in [0.29, 0.717) is 37.0 Å². The standard InChI is InChI=1S/C29H29NO8/c1-30-14-13-28-23-18-9-10-19(32)25(23)38-26(28)20(11-12-29(28,35)21(30)16-18)36-27(34)24(17-6-3-2-4-7-17)37-22(33)8-5-15-31/h2-4,6-7,9-11,15,21,24,26,32,35H,5,8,12-14,16H2,1H3/t21-,24+,26?,28?,29-/m1/s1. The zero-order chi connectivity index (χ0) is 26.7. The molecule has 2 N–H and O–H groups in total. The first-order valence-electron chi connectivity index (χ1n) is 12.8. The number of rotatable bonds is 7. The smallest absolute Gasteiger partial charge is 0.357 e. The van der Waals surface area contributed by atoms with Gasteiger partial charge in [-0.25, -0.2) is 4.79 Å². The van der Waals surface area contributed by atoms with Gasteiger partial charge >= 0.3 is 11.9 Å². The van der Waals surface area contributed by atoms with Crippen molar-refractivity contribution in [1.29, 1.82) is 0 Å². The maximum Gasteiger partial charge on any atom is 0.357 e. The summed E-state index contributed by atoms with van der Waals surface area (Å²) in [4.78, 5) is 38.8. The Labute approximate surface area is 219 Å². The lowest BCUT2D eigenvalue weighted by Crippen LogP contribution is -2.74. The Balaban J connectivity index is 1.36. The molecule has 1 fully saturated rings. The van der Waals surface area contributed by atoms with Crippen LogP contribution in [0.25, 0.3) is 0 Å². The lowest BCUT2D eigenvalue weighted by molar-refractivity contribution is -0.176. The number of nitrogens with zero attached hydrogens (tertiary/aromatic N) is 1. The molecule has 0 saturated carbocycles. The molecule has 2 aromatic carbocycles. The van der Waals surface area contributed by atoms with Crippen LogP contribution in [0, 0.1) is 0 Å². The summed E-state index contributed by atoms with van der Waals surface area (Å²) >= 11 is 0. The van der Waals surface area contributed by atoms with E-state index in [2.05, 4.69) is 4.90 Å². The molecule has 2 heterocycles. The average Bonchev–Trinajstić information content (AvgIpc) is 3.28. The fourth-order valence-corrected chi connectivity index (χ4v) is 6.85. The van der Waals surface area contributed by atoms with Gasteiger partial charge in [0.25, 0.3) is 0 Å². The number of hydrogen-bond acceptors (Lipinski definition) is 9. The number of phenolic OH excluding ortho intramolecular Hbond substituents is 1. The van der Waals surface area contributed by atoms with Crippen molar-refractivity contribution in [2.45, 2.75) is 61.4 Å². The van der Waals surface area contributed by atoms with Gasteiger partial charge in [0, 0.05) is 30.0 Å². The molecule has 2 bridgehead atoms. The van der Waals surface area contributed by atoms with Crippen LogP contribution in [0.15, 0.2) is 54.3 Å². The van der Waals surface area contributed by atoms with E-state index in [1.54, 1.807) is 42.5 Å². The first-order chi connectivity index (χ1) is 18.3. The van der Waals surface area contributed by atoms with E-state index in [-0.39, 0.29) is 36.8 Å². The summed E-state index contributed by atoms with van der Waals surface area (Å²) in [6.07, 6.45) is 1.32. The molecule has 2 aliphatic heterocycles. The van der Waals surface area contributed by atoms with Gasteiger partial charge in [-0.05, 0) is 44.1 Å². The molecule has 6 rings (SSSR count). The summed E-state index contributed by atoms with van der Waals surface area (Å²) in [6.45, 7) is 0.698. The third-order valence-electron chi connectivity index (χ3n) is 8.60. The Morgan fingerprint density at radius 1 is 1.24 bits per heavy atom. The number of carbonyl (C=O) groups is 3. The van der Waals surface area contributed by atoms with Gasteiger partial charge in [-0.15, -0.1) is 0 Å². The molecule has 5 atom stereocenters. The zero-order valence-corrected chi connectivity index (χ0v) is 21.0. The van der Waals surface area contributed by atoms with Gasteiger partial charge in [-0.2, -0.15) is 0 Å². The molecule has 0 radical (unpaired) electrons. The Bertz CT molecular complexity index is 1340. The van der Waals surface area contributed by atoms with Gasteiger partial charge in [0.2, 0.25) is 6.10 Å². The molecule has 0 aromatic heterocycles. The van der Waals surface area contributed by atoms with E-state index in [1.807, 2.05) is 13.1 Å². The number of esters is 2. The molecule has 2 unspecified atom stereocenters. The highest BCUT2D eigenvalue weighted by Crippen LogP contribution is 2.65. The number of benzene rings is 2. The Morgan fingerprint density at radius 2 is 2.03 bits per heavy atom. The third kappa shape index (κ3) is 3.41. The minimum absolute atomic E-state index is 0.0166. The molecule has 9 nitrogen and oxygen atoms in total. The van der Waals surface area contributed by atoms with Crippen LogP contribution in [-0.4, -0.2) is 64.7 Å². The van der Waals surface area contributed by atoms with E-state index >= 15 is 0 Å². The molecule has 1 saturated heterocycles. The minimum Gasteiger partial charge on any atom is -0.504 e. The van der Waals surface area contributed by atoms with Gasteiger partial charge in [0.15, 0.2) is 17.6 Å². The van der Waals surface area contributed by atoms with E-state index in [4.69, 9.17) is 14.2 Å². The van der Waals surface area contributed by atoms with Gasteiger partial charge in [-0.1, -0.05) is 36.4 Å². The summed E-state index contributed by atoms with van der Waals surface area (Å²) < 4.78 is 17.7. The molecule has 198 valence electrons. The molecule has 9 heteroatoms. The van der Waals surface area contributed by atoms with E-state index in [9.17, 15) is 24.6 Å². The summed E-state index contributed by atoms with van der Waals surface area (Å²) in [5, 5.41) is 22.9. The van der Waals surface area contributed by atoms with Crippen LogP contribution in [-0.2, 0) is 35.7 Å². The lowest BCUT2D eigenvalue weighted by Gasteiger charge is -2.61. The number of aliphatic hydroxyl groups is 1. The maximum absolute atomic E-state index is 13.5.